The SMILES string of the molecule is O=C(Nc1ccc2c(c1)OCO2)C1CCN(C(=O)C=Cc2c(Cl)nc3sccn23)CC1. The van der Waals surface area contributed by atoms with Gasteiger partial charge in [0, 0.05) is 48.4 Å². The van der Waals surface area contributed by atoms with Gasteiger partial charge in [-0.05, 0) is 31.1 Å². The Morgan fingerprint density at radius 2 is 2.03 bits per heavy atom. The molecular formula is C21H19ClN4O4S. The number of carbonyl (C=O) groups excluding carboxylic acids is 2. The van der Waals surface area contributed by atoms with Crippen molar-refractivity contribution in [1.82, 2.24) is 14.3 Å². The number of fused-ring (bicyclic) bond motifs is 2. The molecule has 10 heteroatoms. The fourth-order valence-electron chi connectivity index (χ4n) is 3.76. The van der Waals surface area contributed by atoms with Gasteiger partial charge >= 0.3 is 0 Å². The van der Waals surface area contributed by atoms with Crippen LogP contribution in [0.25, 0.3) is 11.0 Å². The molecule has 0 bridgehead atoms. The third-order valence-corrected chi connectivity index (χ3v) is 6.49. The number of hydrogen-bond acceptors (Lipinski definition) is 6. The van der Waals surface area contributed by atoms with Gasteiger partial charge in [-0.3, -0.25) is 14.0 Å². The maximum absolute atomic E-state index is 12.6. The van der Waals surface area contributed by atoms with Crippen LogP contribution in [-0.2, 0) is 9.59 Å². The number of hydrogen-bond donors (Lipinski definition) is 1. The van der Waals surface area contributed by atoms with Crippen LogP contribution in [0, 0.1) is 5.92 Å². The highest BCUT2D eigenvalue weighted by atomic mass is 35.5. The second kappa shape index (κ2) is 8.24. The van der Waals surface area contributed by atoms with E-state index in [4.69, 9.17) is 21.1 Å². The number of thiazole rings is 1. The normalized spacial score (nSPS) is 16.4. The fourth-order valence-corrected chi connectivity index (χ4v) is 4.77. The van der Waals surface area contributed by atoms with E-state index >= 15 is 0 Å². The number of benzene rings is 1. The molecule has 2 aliphatic rings. The van der Waals surface area contributed by atoms with Crippen LogP contribution in [0.2, 0.25) is 5.15 Å². The van der Waals surface area contributed by atoms with Gasteiger partial charge in [0.25, 0.3) is 0 Å². The standard InChI is InChI=1S/C21H19ClN4O4S/c22-19-15(26-9-10-31-21(26)24-19)2-4-18(27)25-7-5-13(6-8-25)20(28)23-14-1-3-16-17(11-14)30-12-29-16/h1-4,9-11,13H,5-8,12H2,(H,23,28). The zero-order chi connectivity index (χ0) is 21.4. The smallest absolute Gasteiger partial charge is 0.246 e. The van der Waals surface area contributed by atoms with Crippen molar-refractivity contribution in [3.8, 4) is 11.5 Å². The molecule has 0 spiro atoms. The lowest BCUT2D eigenvalue weighted by atomic mass is 9.95. The highest BCUT2D eigenvalue weighted by molar-refractivity contribution is 7.15. The number of ether oxygens (including phenoxy) is 2. The topological polar surface area (TPSA) is 85.2 Å². The van der Waals surface area contributed by atoms with Crippen LogP contribution < -0.4 is 14.8 Å². The minimum absolute atomic E-state index is 0.0487. The molecule has 2 aliphatic heterocycles. The summed E-state index contributed by atoms with van der Waals surface area (Å²) in [5.41, 5.74) is 1.36. The Kier molecular flexibility index (Phi) is 5.29. The molecule has 1 aromatic carbocycles. The summed E-state index contributed by atoms with van der Waals surface area (Å²) in [5.74, 6) is 1.01. The molecule has 0 unspecified atom stereocenters. The molecule has 1 N–H and O–H groups in total. The number of piperidine rings is 1. The summed E-state index contributed by atoms with van der Waals surface area (Å²) in [5, 5.41) is 5.22. The Morgan fingerprint density at radius 3 is 2.87 bits per heavy atom. The lowest BCUT2D eigenvalue weighted by Gasteiger charge is -2.30. The highest BCUT2D eigenvalue weighted by Gasteiger charge is 2.27. The van der Waals surface area contributed by atoms with E-state index in [1.807, 2.05) is 16.0 Å². The van der Waals surface area contributed by atoms with E-state index in [0.29, 0.717) is 54.0 Å². The number of halogens is 1. The predicted molar refractivity (Wildman–Crippen MR) is 118 cm³/mol. The Hall–Kier alpha value is -3.04. The van der Waals surface area contributed by atoms with E-state index in [2.05, 4.69) is 10.3 Å². The zero-order valence-corrected chi connectivity index (χ0v) is 18.0. The second-order valence-electron chi connectivity index (χ2n) is 7.33. The average molecular weight is 459 g/mol. The summed E-state index contributed by atoms with van der Waals surface area (Å²) in [6.07, 6.45) is 6.29. The second-order valence-corrected chi connectivity index (χ2v) is 8.56. The lowest BCUT2D eigenvalue weighted by molar-refractivity contribution is -0.130. The molecule has 4 heterocycles. The van der Waals surface area contributed by atoms with Crippen molar-refractivity contribution < 1.29 is 19.1 Å². The van der Waals surface area contributed by atoms with E-state index in [0.717, 1.165) is 4.96 Å². The number of carbonyl (C=O) groups is 2. The van der Waals surface area contributed by atoms with Gasteiger partial charge < -0.3 is 19.7 Å². The van der Waals surface area contributed by atoms with Gasteiger partial charge in [-0.1, -0.05) is 11.6 Å². The molecule has 5 rings (SSSR count). The number of amides is 2. The third-order valence-electron chi connectivity index (χ3n) is 5.46. The molecule has 1 saturated heterocycles. The van der Waals surface area contributed by atoms with Gasteiger partial charge in [0.1, 0.15) is 0 Å². The first kappa shape index (κ1) is 19.9. The number of imidazole rings is 1. The summed E-state index contributed by atoms with van der Waals surface area (Å²) in [7, 11) is 0. The average Bonchev–Trinajstić information content (AvgIpc) is 3.48. The number of nitrogens with one attached hydrogen (secondary N) is 1. The minimum Gasteiger partial charge on any atom is -0.454 e. The van der Waals surface area contributed by atoms with E-state index < -0.39 is 0 Å². The van der Waals surface area contributed by atoms with Gasteiger partial charge in [-0.2, -0.15) is 0 Å². The molecule has 31 heavy (non-hydrogen) atoms. The first-order valence-electron chi connectivity index (χ1n) is 9.87. The third kappa shape index (κ3) is 3.98. The first-order chi connectivity index (χ1) is 15.1. The van der Waals surface area contributed by atoms with E-state index in [9.17, 15) is 9.59 Å². The van der Waals surface area contributed by atoms with Crippen LogP contribution in [0.5, 0.6) is 11.5 Å². The van der Waals surface area contributed by atoms with Crippen LogP contribution in [0.15, 0.2) is 35.9 Å². The van der Waals surface area contributed by atoms with Gasteiger partial charge in [0.05, 0.1) is 5.69 Å². The maximum Gasteiger partial charge on any atom is 0.246 e. The number of likely N-dealkylation sites (tertiary alicyclic amines) is 1. The Bertz CT molecular complexity index is 1180. The number of nitrogens with zero attached hydrogens (tertiary/aromatic N) is 3. The quantitative estimate of drug-likeness (QED) is 0.603. The molecule has 8 nitrogen and oxygen atoms in total. The molecule has 0 atom stereocenters. The lowest BCUT2D eigenvalue weighted by Crippen LogP contribution is -2.40. The van der Waals surface area contributed by atoms with Crippen molar-refractivity contribution in [2.24, 2.45) is 5.92 Å². The predicted octanol–water partition coefficient (Wildman–Crippen LogP) is 3.67. The monoisotopic (exact) mass is 458 g/mol. The van der Waals surface area contributed by atoms with E-state index in [1.165, 1.54) is 17.4 Å². The molecule has 2 amide bonds. The minimum atomic E-state index is -0.145. The van der Waals surface area contributed by atoms with E-state index in [1.54, 1.807) is 29.2 Å². The van der Waals surface area contributed by atoms with E-state index in [-0.39, 0.29) is 24.5 Å². The number of aromatic nitrogens is 2. The van der Waals surface area contributed by atoms with Crippen molar-refractivity contribution in [3.63, 3.8) is 0 Å². The van der Waals surface area contributed by atoms with Crippen LogP contribution in [0.4, 0.5) is 5.69 Å². The van der Waals surface area contributed by atoms with Crippen molar-refractivity contribution >= 4 is 51.5 Å². The van der Waals surface area contributed by atoms with Gasteiger partial charge in [-0.15, -0.1) is 11.3 Å². The Labute approximate surface area is 187 Å². The van der Waals surface area contributed by atoms with Crippen molar-refractivity contribution in [3.05, 3.63) is 46.7 Å². The molecule has 0 saturated carbocycles. The first-order valence-corrected chi connectivity index (χ1v) is 11.1. The van der Waals surface area contributed by atoms with Crippen LogP contribution in [-0.4, -0.2) is 46.0 Å². The highest BCUT2D eigenvalue weighted by Crippen LogP contribution is 2.34. The summed E-state index contributed by atoms with van der Waals surface area (Å²) in [4.78, 5) is 32.0. The van der Waals surface area contributed by atoms with Crippen molar-refractivity contribution in [1.29, 1.82) is 0 Å². The molecule has 2 aromatic heterocycles. The summed E-state index contributed by atoms with van der Waals surface area (Å²) in [6.45, 7) is 1.24. The molecular weight excluding hydrogens is 440 g/mol. The van der Waals surface area contributed by atoms with Crippen molar-refractivity contribution in [2.45, 2.75) is 12.8 Å². The number of rotatable bonds is 4. The molecule has 0 radical (unpaired) electrons. The Balaban J connectivity index is 1.16. The molecule has 0 aliphatic carbocycles. The summed E-state index contributed by atoms with van der Waals surface area (Å²) >= 11 is 7.65. The van der Waals surface area contributed by atoms with Crippen molar-refractivity contribution in [2.75, 3.05) is 25.2 Å². The number of anilines is 1. The summed E-state index contributed by atoms with van der Waals surface area (Å²) < 4.78 is 12.5. The fraction of sp³-hybridized carbons (Fsp3) is 0.286. The van der Waals surface area contributed by atoms with Crippen LogP contribution in [0.1, 0.15) is 18.5 Å². The zero-order valence-electron chi connectivity index (χ0n) is 16.4. The van der Waals surface area contributed by atoms with Gasteiger partial charge in [0.2, 0.25) is 18.6 Å². The molecule has 1 fully saturated rings. The molecule has 3 aromatic rings. The van der Waals surface area contributed by atoms with Gasteiger partial charge in [-0.25, -0.2) is 4.98 Å². The maximum atomic E-state index is 12.6. The summed E-state index contributed by atoms with van der Waals surface area (Å²) in [6, 6.07) is 5.33. The largest absolute Gasteiger partial charge is 0.454 e. The molecule has 160 valence electrons. The Morgan fingerprint density at radius 1 is 1.23 bits per heavy atom. The van der Waals surface area contributed by atoms with Crippen LogP contribution in [0.3, 0.4) is 0 Å². The van der Waals surface area contributed by atoms with Gasteiger partial charge in [0.15, 0.2) is 21.6 Å². The van der Waals surface area contributed by atoms with Crippen LogP contribution >= 0.6 is 22.9 Å².